The van der Waals surface area contributed by atoms with Crippen molar-refractivity contribution in [2.75, 3.05) is 31.6 Å². The zero-order valence-corrected chi connectivity index (χ0v) is 9.96. The number of nitrogens with one attached hydrogen (secondary N) is 1. The summed E-state index contributed by atoms with van der Waals surface area (Å²) in [5.41, 5.74) is 1.04. The van der Waals surface area contributed by atoms with Gasteiger partial charge >= 0.3 is 0 Å². The molecule has 86 valence electrons. The van der Waals surface area contributed by atoms with Crippen LogP contribution in [0.1, 0.15) is 5.69 Å². The summed E-state index contributed by atoms with van der Waals surface area (Å²) in [5.74, 6) is 0. The van der Waals surface area contributed by atoms with Crippen molar-refractivity contribution >= 4 is 16.5 Å². The van der Waals surface area contributed by atoms with Crippen LogP contribution in [-0.4, -0.2) is 37.8 Å². The second-order valence-electron chi connectivity index (χ2n) is 3.59. The molecule has 0 aromatic carbocycles. The van der Waals surface area contributed by atoms with Gasteiger partial charge in [-0.2, -0.15) is 5.26 Å². The fourth-order valence-corrected chi connectivity index (χ4v) is 2.47. The summed E-state index contributed by atoms with van der Waals surface area (Å²) in [6, 6.07) is 2.14. The number of thiazole rings is 1. The van der Waals surface area contributed by atoms with E-state index in [1.807, 2.05) is 12.4 Å². The van der Waals surface area contributed by atoms with Gasteiger partial charge in [-0.25, -0.2) is 4.98 Å². The molecule has 2 heterocycles. The number of anilines is 1. The Labute approximate surface area is 98.7 Å². The molecule has 0 aliphatic carbocycles. The quantitative estimate of drug-likeness (QED) is 0.835. The number of hydrogen-bond acceptors (Lipinski definition) is 6. The van der Waals surface area contributed by atoms with Gasteiger partial charge in [0.2, 0.25) is 0 Å². The lowest BCUT2D eigenvalue weighted by molar-refractivity contribution is 0.0764. The van der Waals surface area contributed by atoms with Crippen LogP contribution in [0, 0.1) is 11.3 Å². The van der Waals surface area contributed by atoms with Crippen LogP contribution in [0.3, 0.4) is 0 Å². The minimum atomic E-state index is -0.328. The molecule has 1 atom stereocenters. The largest absolute Gasteiger partial charge is 0.360 e. The van der Waals surface area contributed by atoms with E-state index < -0.39 is 0 Å². The van der Waals surface area contributed by atoms with Gasteiger partial charge in [0.1, 0.15) is 0 Å². The second-order valence-corrected chi connectivity index (χ2v) is 4.42. The Hall–Kier alpha value is -1.16. The van der Waals surface area contributed by atoms with Crippen molar-refractivity contribution in [3.8, 4) is 6.07 Å². The molecule has 0 saturated carbocycles. The number of morpholine rings is 1. The molecule has 0 bridgehead atoms. The van der Waals surface area contributed by atoms with E-state index in [0.29, 0.717) is 13.2 Å². The zero-order chi connectivity index (χ0) is 11.4. The smallest absolute Gasteiger partial charge is 0.185 e. The monoisotopic (exact) mass is 238 g/mol. The van der Waals surface area contributed by atoms with Crippen molar-refractivity contribution in [3.05, 3.63) is 11.1 Å². The van der Waals surface area contributed by atoms with Crippen LogP contribution in [0.15, 0.2) is 5.38 Å². The number of nitrogens with zero attached hydrogens (tertiary/aromatic N) is 3. The van der Waals surface area contributed by atoms with Gasteiger partial charge in [0.25, 0.3) is 0 Å². The van der Waals surface area contributed by atoms with Gasteiger partial charge in [0.05, 0.1) is 24.9 Å². The normalized spacial score (nSPS) is 20.8. The zero-order valence-electron chi connectivity index (χ0n) is 9.14. The first-order valence-corrected chi connectivity index (χ1v) is 6.06. The summed E-state index contributed by atoms with van der Waals surface area (Å²) >= 11 is 1.62. The minimum absolute atomic E-state index is 0.328. The summed E-state index contributed by atoms with van der Waals surface area (Å²) in [5, 5.41) is 14.9. The number of rotatable bonds is 3. The van der Waals surface area contributed by atoms with Crippen molar-refractivity contribution in [1.29, 1.82) is 5.26 Å². The number of hydrogen-bond donors (Lipinski definition) is 1. The fraction of sp³-hybridized carbons (Fsp3) is 0.600. The molecule has 1 N–H and O–H groups in total. The molecule has 0 spiro atoms. The lowest BCUT2D eigenvalue weighted by Gasteiger charge is -2.29. The number of aromatic nitrogens is 1. The number of nitriles is 1. The van der Waals surface area contributed by atoms with Crippen molar-refractivity contribution < 1.29 is 4.74 Å². The third kappa shape index (κ3) is 2.50. The van der Waals surface area contributed by atoms with Crippen LogP contribution in [-0.2, 0) is 11.3 Å². The predicted octanol–water partition coefficient (Wildman–Crippen LogP) is 0.591. The molecule has 0 amide bonds. The van der Waals surface area contributed by atoms with Crippen LogP contribution < -0.4 is 10.2 Å². The molecule has 1 saturated heterocycles. The predicted molar refractivity (Wildman–Crippen MR) is 62.4 cm³/mol. The molecule has 0 radical (unpaired) electrons. The van der Waals surface area contributed by atoms with E-state index in [0.717, 1.165) is 23.9 Å². The van der Waals surface area contributed by atoms with E-state index in [2.05, 4.69) is 21.3 Å². The highest BCUT2D eigenvalue weighted by atomic mass is 32.1. The van der Waals surface area contributed by atoms with Gasteiger partial charge in [-0.15, -0.1) is 11.3 Å². The molecule has 1 aliphatic rings. The summed E-state index contributed by atoms with van der Waals surface area (Å²) in [7, 11) is 1.90. The van der Waals surface area contributed by atoms with E-state index in [9.17, 15) is 0 Å². The molecular weight excluding hydrogens is 224 g/mol. The van der Waals surface area contributed by atoms with Gasteiger partial charge in [0.15, 0.2) is 11.2 Å². The topological polar surface area (TPSA) is 61.2 Å². The third-order valence-corrected chi connectivity index (χ3v) is 3.33. The van der Waals surface area contributed by atoms with Gasteiger partial charge in [0, 0.05) is 18.5 Å². The van der Waals surface area contributed by atoms with Crippen molar-refractivity contribution in [2.24, 2.45) is 0 Å². The summed E-state index contributed by atoms with van der Waals surface area (Å²) in [4.78, 5) is 6.62. The first kappa shape index (κ1) is 11.3. The summed E-state index contributed by atoms with van der Waals surface area (Å²) in [6.07, 6.45) is -0.328. The maximum Gasteiger partial charge on any atom is 0.185 e. The molecule has 1 aromatic heterocycles. The van der Waals surface area contributed by atoms with Crippen LogP contribution in [0.4, 0.5) is 5.13 Å². The van der Waals surface area contributed by atoms with Crippen molar-refractivity contribution in [1.82, 2.24) is 10.3 Å². The SMILES string of the molecule is CNCc1csc(N2CCOC(C#N)C2)n1. The molecule has 6 heteroatoms. The number of ether oxygens (including phenoxy) is 1. The molecule has 5 nitrogen and oxygen atoms in total. The van der Waals surface area contributed by atoms with Gasteiger partial charge in [-0.05, 0) is 7.05 Å². The molecule has 1 aliphatic heterocycles. The first-order chi connectivity index (χ1) is 7.83. The van der Waals surface area contributed by atoms with Gasteiger partial charge in [-0.3, -0.25) is 0 Å². The Morgan fingerprint density at radius 3 is 3.44 bits per heavy atom. The Balaban J connectivity index is 2.02. The average molecular weight is 238 g/mol. The molecule has 1 unspecified atom stereocenters. The first-order valence-electron chi connectivity index (χ1n) is 5.18. The lowest BCUT2D eigenvalue weighted by atomic mass is 10.3. The second kappa shape index (κ2) is 5.25. The Kier molecular flexibility index (Phi) is 3.72. The van der Waals surface area contributed by atoms with E-state index in [4.69, 9.17) is 10.00 Å². The molecule has 2 rings (SSSR count). The lowest BCUT2D eigenvalue weighted by Crippen LogP contribution is -2.41. The fourth-order valence-electron chi connectivity index (χ4n) is 1.60. The van der Waals surface area contributed by atoms with Gasteiger partial charge in [-0.1, -0.05) is 0 Å². The molecule has 1 fully saturated rings. The van der Waals surface area contributed by atoms with Gasteiger partial charge < -0.3 is 15.0 Å². The molecule has 16 heavy (non-hydrogen) atoms. The summed E-state index contributed by atoms with van der Waals surface area (Å²) < 4.78 is 5.29. The Morgan fingerprint density at radius 2 is 2.69 bits per heavy atom. The van der Waals surface area contributed by atoms with Crippen LogP contribution in [0.25, 0.3) is 0 Å². The maximum atomic E-state index is 8.82. The maximum absolute atomic E-state index is 8.82. The Bertz CT molecular complexity index is 386. The standard InChI is InChI=1S/C10H14N4OS/c1-12-5-8-7-16-10(13-8)14-2-3-15-9(4-11)6-14/h7,9,12H,2-3,5-6H2,1H3. The van der Waals surface area contributed by atoms with Crippen LogP contribution in [0.5, 0.6) is 0 Å². The van der Waals surface area contributed by atoms with E-state index in [1.54, 1.807) is 11.3 Å². The van der Waals surface area contributed by atoms with E-state index in [1.165, 1.54) is 0 Å². The highest BCUT2D eigenvalue weighted by molar-refractivity contribution is 7.13. The van der Waals surface area contributed by atoms with Crippen molar-refractivity contribution in [2.45, 2.75) is 12.6 Å². The van der Waals surface area contributed by atoms with Crippen LogP contribution in [0.2, 0.25) is 0 Å². The van der Waals surface area contributed by atoms with E-state index in [-0.39, 0.29) is 6.10 Å². The summed E-state index contributed by atoms with van der Waals surface area (Å²) in [6.45, 7) is 2.80. The average Bonchev–Trinajstić information content (AvgIpc) is 2.78. The molecular formula is C10H14N4OS. The highest BCUT2D eigenvalue weighted by Gasteiger charge is 2.21. The van der Waals surface area contributed by atoms with E-state index >= 15 is 0 Å². The Morgan fingerprint density at radius 1 is 1.81 bits per heavy atom. The van der Waals surface area contributed by atoms with Crippen molar-refractivity contribution in [3.63, 3.8) is 0 Å². The molecule has 1 aromatic rings. The highest BCUT2D eigenvalue weighted by Crippen LogP contribution is 2.22. The van der Waals surface area contributed by atoms with Crippen LogP contribution >= 0.6 is 11.3 Å². The minimum Gasteiger partial charge on any atom is -0.360 e. The third-order valence-electron chi connectivity index (χ3n) is 2.38.